The highest BCUT2D eigenvalue weighted by Crippen LogP contribution is 2.25. The summed E-state index contributed by atoms with van der Waals surface area (Å²) in [6.45, 7) is 6.69. The van der Waals surface area contributed by atoms with Gasteiger partial charge in [0.2, 0.25) is 0 Å². The Kier molecular flexibility index (Phi) is 6.63. The van der Waals surface area contributed by atoms with Gasteiger partial charge in [0.05, 0.1) is 5.56 Å². The smallest absolute Gasteiger partial charge is 0.163 e. The first-order chi connectivity index (χ1) is 11.4. The van der Waals surface area contributed by atoms with E-state index in [1.54, 1.807) is 6.07 Å². The van der Waals surface area contributed by atoms with Crippen molar-refractivity contribution in [2.24, 2.45) is 5.92 Å². The van der Waals surface area contributed by atoms with Gasteiger partial charge >= 0.3 is 0 Å². The molecule has 1 aromatic carbocycles. The first-order valence-electron chi connectivity index (χ1n) is 8.72. The van der Waals surface area contributed by atoms with Crippen molar-refractivity contribution >= 4 is 11.5 Å². The fourth-order valence-electron chi connectivity index (χ4n) is 2.98. The molecule has 0 bridgehead atoms. The number of β-amino-alcohol motifs (C(OH)–C–C–N with tert-alkyl or cyclic N) is 1. The molecule has 0 radical (unpaired) electrons. The van der Waals surface area contributed by atoms with Crippen LogP contribution in [0.5, 0.6) is 5.75 Å². The molecule has 134 valence electrons. The normalized spacial score (nSPS) is 17.5. The van der Waals surface area contributed by atoms with E-state index in [1.165, 1.54) is 19.8 Å². The molecule has 5 heteroatoms. The van der Waals surface area contributed by atoms with Gasteiger partial charge in [0.1, 0.15) is 18.5 Å². The van der Waals surface area contributed by atoms with E-state index >= 15 is 0 Å². The summed E-state index contributed by atoms with van der Waals surface area (Å²) >= 11 is 0. The zero-order chi connectivity index (χ0) is 17.7. The average Bonchev–Trinajstić information content (AvgIpc) is 2.54. The van der Waals surface area contributed by atoms with Crippen LogP contribution in [-0.2, 0) is 0 Å². The van der Waals surface area contributed by atoms with Crippen LogP contribution in [0.3, 0.4) is 0 Å². The molecule has 1 N–H and O–H groups in total. The summed E-state index contributed by atoms with van der Waals surface area (Å²) in [4.78, 5) is 16.0. The molecule has 1 saturated heterocycles. The fourth-order valence-corrected chi connectivity index (χ4v) is 2.98. The number of Topliss-reactive ketones (excluding diaryl/α,β-unsaturated/α-hetero) is 1. The largest absolute Gasteiger partial charge is 0.490 e. The van der Waals surface area contributed by atoms with E-state index in [1.807, 2.05) is 31.1 Å². The van der Waals surface area contributed by atoms with Gasteiger partial charge in [-0.1, -0.05) is 6.92 Å². The topological polar surface area (TPSA) is 53.0 Å². The number of benzene rings is 1. The lowest BCUT2D eigenvalue weighted by atomic mass is 9.99. The third kappa shape index (κ3) is 5.21. The zero-order valence-corrected chi connectivity index (χ0v) is 15.3. The van der Waals surface area contributed by atoms with E-state index < -0.39 is 6.10 Å². The summed E-state index contributed by atoms with van der Waals surface area (Å²) in [5.74, 6) is 1.29. The molecule has 2 rings (SSSR count). The maximum absolute atomic E-state index is 11.8. The number of nitrogens with zero attached hydrogens (tertiary/aromatic N) is 2. The highest BCUT2D eigenvalue weighted by molar-refractivity contribution is 5.97. The standard InChI is InChI=1S/C19H30N2O3/c1-14-7-9-21(10-8-14)12-17(23)13-24-19-11-16(20(3)4)5-6-18(19)15(2)22/h5-6,11,14,17,23H,7-10,12-13H2,1-4H3. The van der Waals surface area contributed by atoms with Crippen LogP contribution in [0.25, 0.3) is 0 Å². The van der Waals surface area contributed by atoms with E-state index in [2.05, 4.69) is 11.8 Å². The molecule has 1 heterocycles. The van der Waals surface area contributed by atoms with E-state index in [0.29, 0.717) is 17.9 Å². The maximum atomic E-state index is 11.8. The summed E-state index contributed by atoms with van der Waals surface area (Å²) in [7, 11) is 3.89. The SMILES string of the molecule is CC(=O)c1ccc(N(C)C)cc1OCC(O)CN1CCC(C)CC1. The third-order valence-corrected chi connectivity index (χ3v) is 4.64. The highest BCUT2D eigenvalue weighted by Gasteiger charge is 2.19. The fraction of sp³-hybridized carbons (Fsp3) is 0.632. The van der Waals surface area contributed by atoms with Crippen molar-refractivity contribution < 1.29 is 14.6 Å². The summed E-state index contributed by atoms with van der Waals surface area (Å²) in [6.07, 6.45) is 1.82. The van der Waals surface area contributed by atoms with Crippen LogP contribution in [0.4, 0.5) is 5.69 Å². The van der Waals surface area contributed by atoms with Gasteiger partial charge in [-0.15, -0.1) is 0 Å². The van der Waals surface area contributed by atoms with Gasteiger partial charge in [-0.05, 0) is 50.9 Å². The predicted molar refractivity (Wildman–Crippen MR) is 97.1 cm³/mol. The van der Waals surface area contributed by atoms with E-state index in [-0.39, 0.29) is 12.4 Å². The molecule has 1 atom stereocenters. The molecule has 0 spiro atoms. The van der Waals surface area contributed by atoms with Gasteiger partial charge < -0.3 is 19.6 Å². The van der Waals surface area contributed by atoms with Gasteiger partial charge in [-0.25, -0.2) is 0 Å². The number of ether oxygens (including phenoxy) is 1. The molecule has 1 unspecified atom stereocenters. The molecule has 0 saturated carbocycles. The Labute approximate surface area is 145 Å². The molecule has 0 amide bonds. The Hall–Kier alpha value is -1.59. The van der Waals surface area contributed by atoms with Gasteiger partial charge in [0.15, 0.2) is 5.78 Å². The van der Waals surface area contributed by atoms with Gasteiger partial charge in [-0.3, -0.25) is 4.79 Å². The van der Waals surface area contributed by atoms with Crippen molar-refractivity contribution in [2.75, 3.05) is 45.2 Å². The monoisotopic (exact) mass is 334 g/mol. The minimum atomic E-state index is -0.554. The van der Waals surface area contributed by atoms with Crippen LogP contribution < -0.4 is 9.64 Å². The number of piperidine rings is 1. The molecular formula is C19H30N2O3. The van der Waals surface area contributed by atoms with E-state index in [0.717, 1.165) is 24.7 Å². The van der Waals surface area contributed by atoms with Gasteiger partial charge in [0, 0.05) is 32.4 Å². The molecule has 0 aliphatic carbocycles. The number of carbonyl (C=O) groups is 1. The number of hydrogen-bond donors (Lipinski definition) is 1. The molecule has 1 aliphatic rings. The summed E-state index contributed by atoms with van der Waals surface area (Å²) in [5, 5.41) is 10.3. The zero-order valence-electron chi connectivity index (χ0n) is 15.3. The second-order valence-corrected chi connectivity index (χ2v) is 7.08. The molecule has 24 heavy (non-hydrogen) atoms. The second-order valence-electron chi connectivity index (χ2n) is 7.08. The number of rotatable bonds is 7. The molecule has 5 nitrogen and oxygen atoms in total. The minimum Gasteiger partial charge on any atom is -0.490 e. The highest BCUT2D eigenvalue weighted by atomic mass is 16.5. The quantitative estimate of drug-likeness (QED) is 0.776. The van der Waals surface area contributed by atoms with Crippen molar-refractivity contribution in [2.45, 2.75) is 32.8 Å². The van der Waals surface area contributed by atoms with Crippen molar-refractivity contribution in [1.82, 2.24) is 4.90 Å². The molecule has 1 aliphatic heterocycles. The number of ketones is 1. The lowest BCUT2D eigenvalue weighted by Gasteiger charge is -2.31. The van der Waals surface area contributed by atoms with Crippen molar-refractivity contribution in [3.05, 3.63) is 23.8 Å². The van der Waals surface area contributed by atoms with Crippen LogP contribution >= 0.6 is 0 Å². The Balaban J connectivity index is 1.94. The molecular weight excluding hydrogens is 304 g/mol. The number of aliphatic hydroxyl groups excluding tert-OH is 1. The molecule has 0 aromatic heterocycles. The van der Waals surface area contributed by atoms with Gasteiger partial charge in [0.25, 0.3) is 0 Å². The lowest BCUT2D eigenvalue weighted by molar-refractivity contribution is 0.0558. The Bertz CT molecular complexity index is 552. The summed E-state index contributed by atoms with van der Waals surface area (Å²) < 4.78 is 5.79. The van der Waals surface area contributed by atoms with Crippen molar-refractivity contribution in [1.29, 1.82) is 0 Å². The first kappa shape index (κ1) is 18.7. The Morgan fingerprint density at radius 3 is 2.62 bits per heavy atom. The number of anilines is 1. The van der Waals surface area contributed by atoms with Crippen molar-refractivity contribution in [3.8, 4) is 5.75 Å². The summed E-state index contributed by atoms with van der Waals surface area (Å²) in [6, 6.07) is 5.53. The van der Waals surface area contributed by atoms with Crippen LogP contribution in [0.15, 0.2) is 18.2 Å². The third-order valence-electron chi connectivity index (χ3n) is 4.64. The Morgan fingerprint density at radius 2 is 2.04 bits per heavy atom. The summed E-state index contributed by atoms with van der Waals surface area (Å²) in [5.41, 5.74) is 1.52. The minimum absolute atomic E-state index is 0.0326. The van der Waals surface area contributed by atoms with Crippen molar-refractivity contribution in [3.63, 3.8) is 0 Å². The van der Waals surface area contributed by atoms with Crippen LogP contribution in [0.1, 0.15) is 37.0 Å². The number of likely N-dealkylation sites (tertiary alicyclic amines) is 1. The number of aliphatic hydroxyl groups is 1. The van der Waals surface area contributed by atoms with Crippen LogP contribution in [-0.4, -0.2) is 62.2 Å². The van der Waals surface area contributed by atoms with E-state index in [9.17, 15) is 9.90 Å². The Morgan fingerprint density at radius 1 is 1.38 bits per heavy atom. The van der Waals surface area contributed by atoms with Crippen LogP contribution in [0, 0.1) is 5.92 Å². The number of carbonyl (C=O) groups excluding carboxylic acids is 1. The molecule has 1 fully saturated rings. The average molecular weight is 334 g/mol. The number of hydrogen-bond acceptors (Lipinski definition) is 5. The van der Waals surface area contributed by atoms with Gasteiger partial charge in [-0.2, -0.15) is 0 Å². The first-order valence-corrected chi connectivity index (χ1v) is 8.72. The molecule has 1 aromatic rings. The van der Waals surface area contributed by atoms with Crippen LogP contribution in [0.2, 0.25) is 0 Å². The predicted octanol–water partition coefficient (Wildman–Crippen LogP) is 2.43. The lowest BCUT2D eigenvalue weighted by Crippen LogP contribution is -2.40. The van der Waals surface area contributed by atoms with E-state index in [4.69, 9.17) is 4.74 Å². The maximum Gasteiger partial charge on any atom is 0.163 e. The second kappa shape index (κ2) is 8.49.